The van der Waals surface area contributed by atoms with E-state index in [0.717, 1.165) is 44.5 Å². The third-order valence-electron chi connectivity index (χ3n) is 7.87. The van der Waals surface area contributed by atoms with Gasteiger partial charge in [-0.1, -0.05) is 78.1 Å². The highest BCUT2D eigenvalue weighted by Crippen LogP contribution is 2.37. The Hall–Kier alpha value is -5.46. The Kier molecular flexibility index (Phi) is 9.03. The number of amides is 1. The Labute approximate surface area is 281 Å². The average Bonchev–Trinajstić information content (AvgIpc) is 3.61. The number of methoxy groups -OCH3 is 1. The molecule has 0 saturated carbocycles. The van der Waals surface area contributed by atoms with Crippen molar-refractivity contribution in [2.45, 2.75) is 30.5 Å². The van der Waals surface area contributed by atoms with E-state index in [1.54, 1.807) is 31.2 Å². The van der Waals surface area contributed by atoms with Crippen molar-refractivity contribution in [1.29, 1.82) is 0 Å². The highest BCUT2D eigenvalue weighted by molar-refractivity contribution is 7.94. The summed E-state index contributed by atoms with van der Waals surface area (Å²) in [5.41, 5.74) is 5.39. The van der Waals surface area contributed by atoms with Gasteiger partial charge >= 0.3 is 5.97 Å². The molecule has 48 heavy (non-hydrogen) atoms. The number of sulfonamides is 1. The minimum atomic E-state index is -4.05. The number of fused-ring (bicyclic) bond motifs is 1. The van der Waals surface area contributed by atoms with Gasteiger partial charge in [0.1, 0.15) is 5.75 Å². The lowest BCUT2D eigenvalue weighted by Crippen LogP contribution is -2.13. The number of benzene rings is 4. The van der Waals surface area contributed by atoms with Gasteiger partial charge < -0.3 is 19.7 Å². The van der Waals surface area contributed by atoms with Crippen LogP contribution >= 0.6 is 11.3 Å². The number of thiazole rings is 1. The fourth-order valence-electron chi connectivity index (χ4n) is 5.79. The lowest BCUT2D eigenvalue weighted by Gasteiger charge is -2.21. The molecule has 0 unspecified atom stereocenters. The molecule has 0 saturated heterocycles. The summed E-state index contributed by atoms with van der Waals surface area (Å²) >= 11 is 0.880. The normalized spacial score (nSPS) is 11.5. The van der Waals surface area contributed by atoms with Crippen molar-refractivity contribution in [1.82, 2.24) is 9.55 Å². The van der Waals surface area contributed by atoms with Crippen LogP contribution in [-0.2, 0) is 21.2 Å². The number of ether oxygens (including phenoxy) is 1. The molecule has 6 rings (SSSR count). The molecular formula is C36H32N4O6S2. The molecule has 2 aromatic heterocycles. The van der Waals surface area contributed by atoms with E-state index in [1.165, 1.54) is 20.1 Å². The fourth-order valence-corrected chi connectivity index (χ4v) is 8.31. The molecule has 10 nitrogen and oxygen atoms in total. The van der Waals surface area contributed by atoms with Gasteiger partial charge in [-0.15, -0.1) is 0 Å². The molecular weight excluding hydrogens is 649 g/mol. The van der Waals surface area contributed by atoms with Crippen LogP contribution in [0.3, 0.4) is 0 Å². The summed E-state index contributed by atoms with van der Waals surface area (Å²) in [6, 6.07) is 30.2. The number of aromatic nitrogens is 2. The number of carboxylic acids is 1. The van der Waals surface area contributed by atoms with E-state index in [1.807, 2.05) is 42.5 Å². The van der Waals surface area contributed by atoms with Crippen molar-refractivity contribution in [2.75, 3.05) is 17.1 Å². The number of nitrogens with one attached hydrogen (secondary N) is 2. The molecule has 0 aliphatic rings. The first kappa shape index (κ1) is 32.5. The van der Waals surface area contributed by atoms with E-state index in [2.05, 4.69) is 50.1 Å². The molecule has 3 N–H and O–H groups in total. The second kappa shape index (κ2) is 13.3. The second-order valence-electron chi connectivity index (χ2n) is 11.2. The van der Waals surface area contributed by atoms with E-state index < -0.39 is 16.0 Å². The van der Waals surface area contributed by atoms with Gasteiger partial charge in [0.25, 0.3) is 10.0 Å². The van der Waals surface area contributed by atoms with Gasteiger partial charge in [-0.3, -0.25) is 9.52 Å². The molecule has 6 aromatic rings. The summed E-state index contributed by atoms with van der Waals surface area (Å²) in [7, 11) is -2.55. The number of aryl methyl sites for hydroxylation is 1. The van der Waals surface area contributed by atoms with E-state index in [4.69, 9.17) is 4.74 Å². The van der Waals surface area contributed by atoms with Crippen LogP contribution < -0.4 is 14.8 Å². The van der Waals surface area contributed by atoms with Crippen LogP contribution in [0.25, 0.3) is 10.9 Å². The number of anilines is 2. The molecule has 0 aliphatic carbocycles. The van der Waals surface area contributed by atoms with Crippen LogP contribution in [0.4, 0.5) is 10.8 Å². The average molecular weight is 681 g/mol. The summed E-state index contributed by atoms with van der Waals surface area (Å²) in [6.45, 7) is 2.91. The zero-order chi connectivity index (χ0) is 34.0. The zero-order valence-electron chi connectivity index (χ0n) is 26.3. The molecule has 0 atom stereocenters. The van der Waals surface area contributed by atoms with Gasteiger partial charge in [-0.2, -0.15) is 0 Å². The Bertz CT molecular complexity index is 2210. The van der Waals surface area contributed by atoms with E-state index in [9.17, 15) is 23.1 Å². The van der Waals surface area contributed by atoms with E-state index in [-0.39, 0.29) is 32.5 Å². The Morgan fingerprint density at radius 1 is 0.938 bits per heavy atom. The summed E-state index contributed by atoms with van der Waals surface area (Å²) in [6.07, 6.45) is 2.44. The first-order valence-electron chi connectivity index (χ1n) is 15.0. The smallest absolute Gasteiger partial charge is 0.335 e. The lowest BCUT2D eigenvalue weighted by molar-refractivity contribution is -0.114. The molecule has 0 aliphatic heterocycles. The van der Waals surface area contributed by atoms with Gasteiger partial charge in [0, 0.05) is 36.1 Å². The number of carboxylic acid groups (broad SMARTS) is 1. The Morgan fingerprint density at radius 2 is 1.60 bits per heavy atom. The number of rotatable bonds is 11. The van der Waals surface area contributed by atoms with Crippen LogP contribution in [0.2, 0.25) is 0 Å². The maximum absolute atomic E-state index is 13.6. The lowest BCUT2D eigenvalue weighted by atomic mass is 9.98. The quantitative estimate of drug-likeness (QED) is 0.133. The van der Waals surface area contributed by atoms with Crippen molar-refractivity contribution in [3.05, 3.63) is 137 Å². The number of hydrogen-bond donors (Lipinski definition) is 3. The van der Waals surface area contributed by atoms with Gasteiger partial charge in [-0.05, 0) is 59.5 Å². The van der Waals surface area contributed by atoms with Gasteiger partial charge in [0.05, 0.1) is 24.4 Å². The third-order valence-corrected chi connectivity index (χ3v) is 10.9. The van der Waals surface area contributed by atoms with Gasteiger partial charge in [-0.25, -0.2) is 18.2 Å². The standard InChI is InChI=1S/C36H32N4O6S2/c1-22-35(47-36(37-22)38-23(2)41)48(44,45)39-29-16-17-31-30(20-29)28(18-26-14-15-27(34(42)43)19-32(26)46-3)21-40(31)33(24-10-6-4-7-11-24)25-12-8-5-9-13-25/h4-17,19-21,33,39H,18H2,1-3H3,(H,42,43)(H,37,38,41). The third kappa shape index (κ3) is 6.66. The molecule has 2 heterocycles. The number of carbonyl (C=O) groups is 2. The molecule has 0 radical (unpaired) electrons. The molecule has 244 valence electrons. The molecule has 0 bridgehead atoms. The van der Waals surface area contributed by atoms with Gasteiger partial charge in [0.15, 0.2) is 9.34 Å². The van der Waals surface area contributed by atoms with Crippen LogP contribution in [-0.4, -0.2) is 42.1 Å². The topological polar surface area (TPSA) is 140 Å². The minimum Gasteiger partial charge on any atom is -0.496 e. The second-order valence-corrected chi connectivity index (χ2v) is 14.1. The Balaban J connectivity index is 1.49. The number of carbonyl (C=O) groups excluding carboxylic acids is 1. The van der Waals surface area contributed by atoms with Crippen molar-refractivity contribution in [2.24, 2.45) is 0 Å². The summed E-state index contributed by atoms with van der Waals surface area (Å²) < 4.78 is 37.6. The Morgan fingerprint density at radius 3 is 2.21 bits per heavy atom. The first-order valence-corrected chi connectivity index (χ1v) is 17.3. The highest BCUT2D eigenvalue weighted by Gasteiger charge is 2.25. The number of aromatic carboxylic acids is 1. The molecule has 12 heteroatoms. The van der Waals surface area contributed by atoms with Crippen LogP contribution in [0.5, 0.6) is 5.75 Å². The predicted molar refractivity (Wildman–Crippen MR) is 187 cm³/mol. The molecule has 0 fully saturated rings. The summed E-state index contributed by atoms with van der Waals surface area (Å²) in [4.78, 5) is 27.4. The van der Waals surface area contributed by atoms with Crippen LogP contribution in [0.15, 0.2) is 107 Å². The van der Waals surface area contributed by atoms with Crippen molar-refractivity contribution in [3.63, 3.8) is 0 Å². The monoisotopic (exact) mass is 680 g/mol. The molecule has 0 spiro atoms. The van der Waals surface area contributed by atoms with Gasteiger partial charge in [0.2, 0.25) is 5.91 Å². The summed E-state index contributed by atoms with van der Waals surface area (Å²) in [5, 5.41) is 13.1. The van der Waals surface area contributed by atoms with Crippen molar-refractivity contribution in [3.8, 4) is 5.75 Å². The molecule has 4 aromatic carbocycles. The van der Waals surface area contributed by atoms with E-state index >= 15 is 0 Å². The first-order chi connectivity index (χ1) is 23.0. The van der Waals surface area contributed by atoms with E-state index in [0.29, 0.717) is 17.9 Å². The predicted octanol–water partition coefficient (Wildman–Crippen LogP) is 7.10. The highest BCUT2D eigenvalue weighted by atomic mass is 32.2. The number of nitrogens with zero attached hydrogens (tertiary/aromatic N) is 2. The SMILES string of the molecule is COc1cc(C(=O)O)ccc1Cc1cn(C(c2ccccc2)c2ccccc2)c2ccc(NS(=O)(=O)c3sc(NC(C)=O)nc3C)cc12. The number of hydrogen-bond acceptors (Lipinski definition) is 7. The maximum Gasteiger partial charge on any atom is 0.335 e. The maximum atomic E-state index is 13.6. The molecule has 1 amide bonds. The van der Waals surface area contributed by atoms with Crippen molar-refractivity contribution < 1.29 is 27.9 Å². The minimum absolute atomic E-state index is 0.000571. The zero-order valence-corrected chi connectivity index (χ0v) is 27.9. The largest absolute Gasteiger partial charge is 0.496 e. The van der Waals surface area contributed by atoms with Crippen LogP contribution in [0, 0.1) is 6.92 Å². The van der Waals surface area contributed by atoms with Crippen LogP contribution in [0.1, 0.15) is 51.3 Å². The summed E-state index contributed by atoms with van der Waals surface area (Å²) in [5.74, 6) is -0.963. The van der Waals surface area contributed by atoms with Crippen molar-refractivity contribution >= 4 is 55.0 Å². The fraction of sp³-hybridized carbons (Fsp3) is 0.139.